The van der Waals surface area contributed by atoms with E-state index in [1.54, 1.807) is 0 Å². The maximum Gasteiger partial charge on any atom is 0.220 e. The molecule has 0 aromatic heterocycles. The molecule has 4 heteroatoms. The minimum absolute atomic E-state index is 0.125. The van der Waals surface area contributed by atoms with Crippen LogP contribution < -0.4 is 16.4 Å². The van der Waals surface area contributed by atoms with Crippen molar-refractivity contribution in [1.82, 2.24) is 10.6 Å². The second-order valence-electron chi connectivity index (χ2n) is 4.04. The van der Waals surface area contributed by atoms with Gasteiger partial charge in [-0.1, -0.05) is 31.9 Å². The number of hydrogen-bond donors (Lipinski definition) is 3. The first-order chi connectivity index (χ1) is 8.31. The van der Waals surface area contributed by atoms with Gasteiger partial charge in [-0.3, -0.25) is 4.79 Å². The molecule has 0 aliphatic carbocycles. The van der Waals surface area contributed by atoms with Gasteiger partial charge in [-0.05, 0) is 12.8 Å². The monoisotopic (exact) mass is 241 g/mol. The van der Waals surface area contributed by atoms with Crippen molar-refractivity contribution in [2.75, 3.05) is 26.2 Å². The molecule has 0 saturated carbocycles. The Morgan fingerprint density at radius 2 is 1.94 bits per heavy atom. The van der Waals surface area contributed by atoms with Gasteiger partial charge in [0, 0.05) is 32.6 Å². The third-order valence-corrected chi connectivity index (χ3v) is 2.37. The molecular weight excluding hydrogens is 214 g/mol. The van der Waals surface area contributed by atoms with E-state index in [2.05, 4.69) is 29.7 Å². The van der Waals surface area contributed by atoms with E-state index >= 15 is 0 Å². The van der Waals surface area contributed by atoms with Crippen LogP contribution in [-0.2, 0) is 4.79 Å². The van der Waals surface area contributed by atoms with Crippen molar-refractivity contribution in [2.45, 2.75) is 39.0 Å². The second-order valence-corrected chi connectivity index (χ2v) is 4.04. The van der Waals surface area contributed by atoms with E-state index in [4.69, 9.17) is 5.73 Å². The molecular formula is C13H27N3O. The van der Waals surface area contributed by atoms with Crippen molar-refractivity contribution in [3.8, 4) is 0 Å². The lowest BCUT2D eigenvalue weighted by molar-refractivity contribution is -0.120. The summed E-state index contributed by atoms with van der Waals surface area (Å²) in [5.41, 5.74) is 5.33. The molecule has 17 heavy (non-hydrogen) atoms. The van der Waals surface area contributed by atoms with Crippen molar-refractivity contribution < 1.29 is 4.79 Å². The van der Waals surface area contributed by atoms with Gasteiger partial charge in [0.15, 0.2) is 0 Å². The van der Waals surface area contributed by atoms with E-state index in [0.29, 0.717) is 19.5 Å². The largest absolute Gasteiger partial charge is 0.355 e. The predicted octanol–water partition coefficient (Wildman–Crippen LogP) is 1.18. The standard InChI is InChI=1S/C13H27N3O/c1-2-3-4-5-6-7-8-13(17)16-12-11-15-10-9-14/h5-6,15H,2-4,7-12,14H2,1H3,(H,16,17)/b6-5+. The van der Waals surface area contributed by atoms with Crippen molar-refractivity contribution in [3.05, 3.63) is 12.2 Å². The molecule has 0 unspecified atom stereocenters. The van der Waals surface area contributed by atoms with Gasteiger partial charge < -0.3 is 16.4 Å². The molecule has 0 rings (SSSR count). The van der Waals surface area contributed by atoms with Crippen LogP contribution in [0.5, 0.6) is 0 Å². The van der Waals surface area contributed by atoms with Gasteiger partial charge >= 0.3 is 0 Å². The summed E-state index contributed by atoms with van der Waals surface area (Å²) < 4.78 is 0. The normalized spacial score (nSPS) is 10.9. The lowest BCUT2D eigenvalue weighted by atomic mass is 10.2. The topological polar surface area (TPSA) is 67.2 Å². The van der Waals surface area contributed by atoms with Gasteiger partial charge in [-0.15, -0.1) is 0 Å². The fraction of sp³-hybridized carbons (Fsp3) is 0.769. The molecule has 0 aromatic rings. The molecule has 0 radical (unpaired) electrons. The molecule has 4 nitrogen and oxygen atoms in total. The van der Waals surface area contributed by atoms with E-state index in [0.717, 1.165) is 25.9 Å². The molecule has 0 atom stereocenters. The number of nitrogens with two attached hydrogens (primary N) is 1. The molecule has 0 bridgehead atoms. The van der Waals surface area contributed by atoms with Gasteiger partial charge in [-0.2, -0.15) is 0 Å². The summed E-state index contributed by atoms with van der Waals surface area (Å²) >= 11 is 0. The van der Waals surface area contributed by atoms with E-state index in [1.165, 1.54) is 12.8 Å². The van der Waals surface area contributed by atoms with Crippen LogP contribution in [0.3, 0.4) is 0 Å². The Balaban J connectivity index is 3.25. The first-order valence-corrected chi connectivity index (χ1v) is 6.63. The smallest absolute Gasteiger partial charge is 0.220 e. The quantitative estimate of drug-likeness (QED) is 0.376. The highest BCUT2D eigenvalue weighted by atomic mass is 16.1. The van der Waals surface area contributed by atoms with E-state index < -0.39 is 0 Å². The zero-order chi connectivity index (χ0) is 12.8. The maximum absolute atomic E-state index is 11.4. The molecule has 0 fully saturated rings. The average Bonchev–Trinajstić information content (AvgIpc) is 2.33. The highest BCUT2D eigenvalue weighted by Gasteiger charge is 1.97. The fourth-order valence-corrected chi connectivity index (χ4v) is 1.38. The minimum Gasteiger partial charge on any atom is -0.355 e. The van der Waals surface area contributed by atoms with E-state index in [-0.39, 0.29) is 5.91 Å². The molecule has 0 heterocycles. The number of carbonyl (C=O) groups is 1. The Kier molecular flexibility index (Phi) is 12.5. The summed E-state index contributed by atoms with van der Waals surface area (Å²) in [6, 6.07) is 0. The zero-order valence-corrected chi connectivity index (χ0v) is 11.0. The summed E-state index contributed by atoms with van der Waals surface area (Å²) in [7, 11) is 0. The van der Waals surface area contributed by atoms with E-state index in [1.807, 2.05) is 0 Å². The van der Waals surface area contributed by atoms with Crippen LogP contribution in [0.1, 0.15) is 39.0 Å². The molecule has 0 aliphatic heterocycles. The van der Waals surface area contributed by atoms with Gasteiger partial charge in [0.05, 0.1) is 0 Å². The Bertz CT molecular complexity index is 205. The van der Waals surface area contributed by atoms with Crippen LogP contribution in [-0.4, -0.2) is 32.1 Å². The van der Waals surface area contributed by atoms with Crippen LogP contribution in [0.15, 0.2) is 12.2 Å². The lowest BCUT2D eigenvalue weighted by Gasteiger charge is -2.04. The van der Waals surface area contributed by atoms with Crippen LogP contribution in [0, 0.1) is 0 Å². The molecule has 1 amide bonds. The third kappa shape index (κ3) is 13.1. The number of carbonyl (C=O) groups excluding carboxylic acids is 1. The molecule has 0 spiro atoms. The van der Waals surface area contributed by atoms with Gasteiger partial charge in [-0.25, -0.2) is 0 Å². The Hall–Kier alpha value is -0.870. The SMILES string of the molecule is CCCC/C=C/CCC(=O)NCCNCCN. The first kappa shape index (κ1) is 16.1. The van der Waals surface area contributed by atoms with Gasteiger partial charge in [0.25, 0.3) is 0 Å². The average molecular weight is 241 g/mol. The van der Waals surface area contributed by atoms with Gasteiger partial charge in [0.2, 0.25) is 5.91 Å². The molecule has 4 N–H and O–H groups in total. The Morgan fingerprint density at radius 3 is 2.65 bits per heavy atom. The lowest BCUT2D eigenvalue weighted by Crippen LogP contribution is -2.33. The molecule has 0 aromatic carbocycles. The molecule has 100 valence electrons. The summed E-state index contributed by atoms with van der Waals surface area (Å²) in [5, 5.41) is 5.99. The first-order valence-electron chi connectivity index (χ1n) is 6.63. The number of nitrogens with one attached hydrogen (secondary N) is 2. The van der Waals surface area contributed by atoms with Crippen LogP contribution in [0.25, 0.3) is 0 Å². The molecule has 0 aliphatic rings. The second kappa shape index (κ2) is 13.2. The molecule has 0 saturated heterocycles. The fourth-order valence-electron chi connectivity index (χ4n) is 1.38. The summed E-state index contributed by atoms with van der Waals surface area (Å²) in [6.07, 6.45) is 9.27. The Morgan fingerprint density at radius 1 is 1.18 bits per heavy atom. The summed E-state index contributed by atoms with van der Waals surface area (Å²) in [4.78, 5) is 11.4. The van der Waals surface area contributed by atoms with Crippen molar-refractivity contribution in [3.63, 3.8) is 0 Å². The maximum atomic E-state index is 11.4. The number of unbranched alkanes of at least 4 members (excludes halogenated alkanes) is 2. The summed E-state index contributed by atoms with van der Waals surface area (Å²) in [6.45, 7) is 5.08. The minimum atomic E-state index is 0.125. The van der Waals surface area contributed by atoms with E-state index in [9.17, 15) is 4.79 Å². The predicted molar refractivity (Wildman–Crippen MR) is 72.8 cm³/mol. The highest BCUT2D eigenvalue weighted by Crippen LogP contribution is 1.97. The summed E-state index contributed by atoms with van der Waals surface area (Å²) in [5.74, 6) is 0.125. The van der Waals surface area contributed by atoms with Crippen molar-refractivity contribution >= 4 is 5.91 Å². The van der Waals surface area contributed by atoms with Crippen LogP contribution >= 0.6 is 0 Å². The van der Waals surface area contributed by atoms with Gasteiger partial charge in [0.1, 0.15) is 0 Å². The Labute approximate surface area is 105 Å². The van der Waals surface area contributed by atoms with Crippen LogP contribution in [0.2, 0.25) is 0 Å². The number of allylic oxidation sites excluding steroid dienone is 2. The van der Waals surface area contributed by atoms with Crippen molar-refractivity contribution in [2.24, 2.45) is 5.73 Å². The zero-order valence-electron chi connectivity index (χ0n) is 11.0. The van der Waals surface area contributed by atoms with Crippen LogP contribution in [0.4, 0.5) is 0 Å². The highest BCUT2D eigenvalue weighted by molar-refractivity contribution is 5.75. The number of hydrogen-bond acceptors (Lipinski definition) is 3. The number of amides is 1. The third-order valence-electron chi connectivity index (χ3n) is 2.37. The number of rotatable bonds is 11. The van der Waals surface area contributed by atoms with Crippen molar-refractivity contribution in [1.29, 1.82) is 0 Å².